The van der Waals surface area contributed by atoms with Crippen LogP contribution in [0.25, 0.3) is 0 Å². The minimum atomic E-state index is -1.01. The van der Waals surface area contributed by atoms with E-state index in [-0.39, 0.29) is 115 Å². The normalized spacial score (nSPS) is 17.6. The molecule has 0 aromatic heterocycles. The molecule has 778 valence electrons. The molecule has 9 rings (SSSR count). The van der Waals surface area contributed by atoms with E-state index >= 15 is 0 Å². The summed E-state index contributed by atoms with van der Waals surface area (Å²) in [6.45, 7) is 55.2. The zero-order chi connectivity index (χ0) is 110. The molecule has 143 heavy (non-hydrogen) atoms. The van der Waals surface area contributed by atoms with Crippen LogP contribution >= 0.6 is 0 Å². The molecule has 0 radical (unpaired) electrons. The van der Waals surface area contributed by atoms with Crippen LogP contribution in [-0.4, -0.2) is 151 Å². The monoisotopic (exact) mass is 1970 g/mol. The molecule has 3 aromatic carbocycles. The largest absolute Gasteiger partial charge is 0.508 e. The van der Waals surface area contributed by atoms with Crippen molar-refractivity contribution in [3.63, 3.8) is 0 Å². The van der Waals surface area contributed by atoms with Crippen LogP contribution in [0.3, 0.4) is 0 Å². The van der Waals surface area contributed by atoms with Crippen LogP contribution in [0.15, 0.2) is 178 Å². The highest BCUT2D eigenvalue weighted by Crippen LogP contribution is 2.43. The Morgan fingerprint density at radius 3 is 1.06 bits per heavy atom. The lowest BCUT2D eigenvalue weighted by Crippen LogP contribution is -2.27. The minimum Gasteiger partial charge on any atom is -0.508 e. The maximum absolute atomic E-state index is 12.6. The van der Waals surface area contributed by atoms with E-state index in [1.54, 1.807) is 169 Å². The molecule has 5 aliphatic carbocycles. The van der Waals surface area contributed by atoms with E-state index in [0.29, 0.717) is 270 Å². The molecule has 4 atom stereocenters. The second-order valence-electron chi connectivity index (χ2n) is 40.7. The number of Topliss-reactive ketones (excluding diaryl/α,β-unsaturated/α-hetero) is 15. The zero-order valence-corrected chi connectivity index (χ0v) is 90.7. The number of phenols is 4. The van der Waals surface area contributed by atoms with Crippen LogP contribution in [0.5, 0.6) is 23.0 Å². The number of hydrogen-bond acceptors (Lipinski definition) is 24. The Balaban J connectivity index is 0.000000429. The first-order valence-corrected chi connectivity index (χ1v) is 49.3. The maximum Gasteiger partial charge on any atom is 0.190 e. The van der Waals surface area contributed by atoms with Crippen LogP contribution in [0, 0.1) is 34.6 Å². The smallest absolute Gasteiger partial charge is 0.190 e. The summed E-state index contributed by atoms with van der Waals surface area (Å²) in [5.41, 5.74) is 15.0. The maximum atomic E-state index is 12.6. The van der Waals surface area contributed by atoms with Gasteiger partial charge in [-0.15, -0.1) is 0 Å². The molecular weight excluding hydrogens is 1810 g/mol. The van der Waals surface area contributed by atoms with Gasteiger partial charge < -0.3 is 69.2 Å². The molecule has 0 bridgehead atoms. The molecule has 7 N–H and O–H groups in total. The van der Waals surface area contributed by atoms with Crippen molar-refractivity contribution in [3.8, 4) is 23.0 Å². The van der Waals surface area contributed by atoms with E-state index in [1.807, 2.05) is 59.8 Å². The van der Waals surface area contributed by atoms with Gasteiger partial charge in [0.25, 0.3) is 0 Å². The second-order valence-corrected chi connectivity index (χ2v) is 40.7. The molecule has 24 heteroatoms. The SMILES string of the molecule is C=C1CCC(C)(CCc2c(C)c(O)c(C)c(C)c2O)O1.CC(=O)CC/C(C)=C/CC1=C(C)C(=O)C(C)=C(C)C1=O.CC(=O)CC/C(C)=C/CC1=C(C)C(=O)C(C)=C(C)C1=O.CC(=O)CC/C(C)=C/CC1=C(C)C(=O)c2ccccc2C1=O.CC(=O)CCC(C)(O)CCC1=C(C)C(=O)C(C)=C(C)C1=O.CC(=O)CCC(C)(O)CCC1=CC(=O)C(C)=C(C)C1=O.CC(=O)CCC(C)(O)CCc1cc(O)c(C)c(C)c1O. The fourth-order valence-corrected chi connectivity index (χ4v) is 16.4. The van der Waals surface area contributed by atoms with Gasteiger partial charge in [0.15, 0.2) is 57.8 Å². The average molecular weight is 1970 g/mol. The van der Waals surface area contributed by atoms with Crippen LogP contribution in [0.4, 0.5) is 0 Å². The first-order valence-electron chi connectivity index (χ1n) is 49.3. The van der Waals surface area contributed by atoms with Crippen molar-refractivity contribution in [1.29, 1.82) is 0 Å². The van der Waals surface area contributed by atoms with Crippen LogP contribution in [-0.2, 0) is 84.7 Å². The van der Waals surface area contributed by atoms with E-state index in [9.17, 15) is 112 Å². The van der Waals surface area contributed by atoms with E-state index < -0.39 is 16.8 Å². The molecule has 1 saturated heterocycles. The van der Waals surface area contributed by atoms with Crippen molar-refractivity contribution >= 4 is 92.5 Å². The van der Waals surface area contributed by atoms with Gasteiger partial charge >= 0.3 is 0 Å². The number of benzene rings is 3. The summed E-state index contributed by atoms with van der Waals surface area (Å²) in [4.78, 5) is 187. The number of phenolic OH excluding ortho intramolecular Hbond substituents is 4. The first kappa shape index (κ1) is 125. The van der Waals surface area contributed by atoms with Gasteiger partial charge in [0.05, 0.1) is 22.6 Å². The van der Waals surface area contributed by atoms with Crippen molar-refractivity contribution in [2.24, 2.45) is 0 Å². The number of ketones is 16. The number of ether oxygens (including phenoxy) is 1. The molecule has 1 heterocycles. The third-order valence-electron chi connectivity index (χ3n) is 28.2. The van der Waals surface area contributed by atoms with E-state index in [4.69, 9.17) is 4.74 Å². The predicted octanol–water partition coefficient (Wildman–Crippen LogP) is 22.9. The molecule has 1 fully saturated rings. The summed E-state index contributed by atoms with van der Waals surface area (Å²) < 4.78 is 5.80. The average Bonchev–Trinajstić information content (AvgIpc) is 1.20. The molecule has 3 aromatic rings. The van der Waals surface area contributed by atoms with Gasteiger partial charge in [0.1, 0.15) is 63.3 Å². The first-order chi connectivity index (χ1) is 66.0. The van der Waals surface area contributed by atoms with Crippen molar-refractivity contribution in [2.45, 2.75) is 391 Å². The molecular formula is C119H158O24. The van der Waals surface area contributed by atoms with E-state index in [1.165, 1.54) is 26.8 Å². The van der Waals surface area contributed by atoms with Crippen LogP contribution in [0.1, 0.15) is 380 Å². The summed E-state index contributed by atoms with van der Waals surface area (Å²) in [5.74, 6) is 1.62. The Labute approximate surface area is 847 Å². The molecule has 6 aliphatic rings. The number of hydrogen-bond donors (Lipinski definition) is 7. The summed E-state index contributed by atoms with van der Waals surface area (Å²) in [6, 6.07) is 8.49. The topological polar surface area (TPSA) is 424 Å². The quantitative estimate of drug-likeness (QED) is 0.0161. The Morgan fingerprint density at radius 2 is 0.678 bits per heavy atom. The molecule has 0 spiro atoms. The minimum absolute atomic E-state index is 0.0304. The van der Waals surface area contributed by atoms with Crippen molar-refractivity contribution in [3.05, 3.63) is 229 Å². The molecule has 0 amide bonds. The summed E-state index contributed by atoms with van der Waals surface area (Å²) in [7, 11) is 0. The Kier molecular flexibility index (Phi) is 48.7. The lowest BCUT2D eigenvalue weighted by atomic mass is 9.82. The summed E-state index contributed by atoms with van der Waals surface area (Å²) in [5, 5.41) is 71.0. The third-order valence-corrected chi connectivity index (χ3v) is 28.2. The van der Waals surface area contributed by atoms with Crippen molar-refractivity contribution in [2.75, 3.05) is 0 Å². The lowest BCUT2D eigenvalue weighted by Gasteiger charge is -2.25. The molecule has 0 saturated carbocycles. The Hall–Kier alpha value is -12.1. The van der Waals surface area contributed by atoms with E-state index in [0.717, 1.165) is 64.0 Å². The van der Waals surface area contributed by atoms with Gasteiger partial charge in [0, 0.05) is 156 Å². The fraction of sp³-hybridized carbons (Fsp3) is 0.496. The highest BCUT2D eigenvalue weighted by Gasteiger charge is 2.37. The number of carbonyl (C=O) groups excluding carboxylic acids is 16. The zero-order valence-electron chi connectivity index (χ0n) is 90.7. The van der Waals surface area contributed by atoms with E-state index in [2.05, 4.69) is 13.5 Å². The van der Waals surface area contributed by atoms with Gasteiger partial charge in [-0.2, -0.15) is 0 Å². The Bertz CT molecular complexity index is 5810. The number of allylic oxidation sites excluding steroid dienone is 25. The van der Waals surface area contributed by atoms with Gasteiger partial charge in [-0.1, -0.05) is 65.8 Å². The van der Waals surface area contributed by atoms with Gasteiger partial charge in [-0.05, 0) is 369 Å². The highest BCUT2D eigenvalue weighted by molar-refractivity contribution is 6.28. The number of aromatic hydroxyl groups is 4. The van der Waals surface area contributed by atoms with Crippen molar-refractivity contribution in [1.82, 2.24) is 0 Å². The van der Waals surface area contributed by atoms with Crippen LogP contribution < -0.4 is 0 Å². The summed E-state index contributed by atoms with van der Waals surface area (Å²) in [6.07, 6.45) is 20.0. The van der Waals surface area contributed by atoms with Gasteiger partial charge in [-0.3, -0.25) is 47.9 Å². The fourth-order valence-electron chi connectivity index (χ4n) is 16.4. The van der Waals surface area contributed by atoms with Crippen molar-refractivity contribution < 1.29 is 117 Å². The molecule has 1 aliphatic heterocycles. The Morgan fingerprint density at radius 1 is 0.357 bits per heavy atom. The number of rotatable bonds is 36. The third kappa shape index (κ3) is 37.5. The standard InChI is InChI=1S/C19H20O3.C17H24O4.C17H24O3.2C17H22O3.C16H24O4.C16H22O4/c1-12(8-10-13(2)20)9-11-15-14(3)18(21)16-6-4-5-7-17(16)19(15)22;1-10(18)6-8-17(5,21)9-7-14-13(4)15(19)11(2)12(3)16(14)20;1-10-6-8-17(5,20-10)9-7-14-13(4)15(18)11(2)12(3)16(14)19;2*1-10(6-8-11(2)18)7-9-15-14(5)16(19)12(3)13(4)17(15)20;2*1-10(17)5-7-16(4,20)8-6-13-9-14(18)11(2)12(3)15(13)19/h4-7,9H,8,10-11H2,1-3H3;21H,6-9H2,1-5H3;18-19H,1,6-9H2,2-5H3;2*7H,6,8-9H2,1-5H3;9,18-20H,5-8H2,1-4H3;9,20H,5-8H2,1-4H3/b12-9+;;;2*10-7+;;. The molecule has 4 unspecified atom stereocenters. The summed E-state index contributed by atoms with van der Waals surface area (Å²) >= 11 is 0. The van der Waals surface area contributed by atoms with Gasteiger partial charge in [-0.25, -0.2) is 0 Å². The number of aliphatic hydroxyl groups is 3. The molecule has 24 nitrogen and oxygen atoms in total. The lowest BCUT2D eigenvalue weighted by molar-refractivity contribution is -0.119. The van der Waals surface area contributed by atoms with Gasteiger partial charge in [0.2, 0.25) is 0 Å². The highest BCUT2D eigenvalue weighted by atomic mass is 16.5. The number of fused-ring (bicyclic) bond motifs is 1. The predicted molar refractivity (Wildman–Crippen MR) is 560 cm³/mol. The number of carbonyl (C=O) groups is 16. The second kappa shape index (κ2) is 55.7. The number of aryl methyl sites for hydroxylation is 1. The van der Waals surface area contributed by atoms with Crippen LogP contribution in [0.2, 0.25) is 0 Å².